The molecule has 2 N–H and O–H groups in total. The second kappa shape index (κ2) is 12.8. The van der Waals surface area contributed by atoms with Gasteiger partial charge in [0, 0.05) is 57.0 Å². The summed E-state index contributed by atoms with van der Waals surface area (Å²) in [4.78, 5) is 35.5. The molecule has 2 aliphatic heterocycles. The molecule has 6 rings (SSSR count). The molecule has 0 bridgehead atoms. The number of alkyl halides is 5. The third kappa shape index (κ3) is 6.86. The van der Waals surface area contributed by atoms with Crippen molar-refractivity contribution in [3.63, 3.8) is 0 Å². The minimum absolute atomic E-state index is 0.0727. The van der Waals surface area contributed by atoms with E-state index in [4.69, 9.17) is 14.8 Å². The average Bonchev–Trinajstić information content (AvgIpc) is 3.67. The highest BCUT2D eigenvalue weighted by Gasteiger charge is 2.45. The Morgan fingerprint density at radius 1 is 1.24 bits per heavy atom. The molecule has 1 saturated carbocycles. The van der Waals surface area contributed by atoms with Gasteiger partial charge in [0.15, 0.2) is 0 Å². The number of fused-ring (bicyclic) bond motifs is 1. The van der Waals surface area contributed by atoms with Crippen LogP contribution >= 0.6 is 0 Å². The molecule has 5 heterocycles. The number of carbonyl (C=O) groups is 2. The molecule has 16 heteroatoms. The van der Waals surface area contributed by atoms with E-state index in [1.165, 1.54) is 21.6 Å². The predicted octanol–water partition coefficient (Wildman–Crippen LogP) is 4.39. The van der Waals surface area contributed by atoms with Crippen LogP contribution in [0.5, 0.6) is 0 Å². The molecular weight excluding hydrogens is 615 g/mol. The van der Waals surface area contributed by atoms with Crippen molar-refractivity contribution in [1.82, 2.24) is 40.0 Å². The van der Waals surface area contributed by atoms with Crippen molar-refractivity contribution in [2.24, 2.45) is 17.8 Å². The molecule has 1 unspecified atom stereocenters. The lowest BCUT2D eigenvalue weighted by Gasteiger charge is -2.34. The lowest BCUT2D eigenvalue weighted by atomic mass is 9.80. The largest absolute Gasteiger partial charge is 0.393 e. The van der Waals surface area contributed by atoms with Gasteiger partial charge in [-0.25, -0.2) is 23.3 Å². The number of rotatable bonds is 8. The normalized spacial score (nSPS) is 26.1. The van der Waals surface area contributed by atoms with Crippen LogP contribution in [0.25, 0.3) is 5.78 Å². The van der Waals surface area contributed by atoms with Gasteiger partial charge in [0.25, 0.3) is 11.7 Å². The lowest BCUT2D eigenvalue weighted by Crippen LogP contribution is -2.47. The summed E-state index contributed by atoms with van der Waals surface area (Å²) >= 11 is 0. The van der Waals surface area contributed by atoms with E-state index in [-0.39, 0.29) is 48.8 Å². The number of nitrogens with one attached hydrogen (secondary N) is 2. The van der Waals surface area contributed by atoms with Crippen LogP contribution in [0.2, 0.25) is 0 Å². The van der Waals surface area contributed by atoms with E-state index in [2.05, 4.69) is 20.7 Å². The summed E-state index contributed by atoms with van der Waals surface area (Å²) in [6, 6.07) is 0.650. The van der Waals surface area contributed by atoms with E-state index in [1.807, 2.05) is 6.92 Å². The second-order valence-electron chi connectivity index (χ2n) is 12.6. The van der Waals surface area contributed by atoms with Gasteiger partial charge in [-0.05, 0) is 51.0 Å². The molecule has 2 saturated heterocycles. The summed E-state index contributed by atoms with van der Waals surface area (Å²) < 4.78 is 78.5. The number of nitrogens with zero attached hydrogens (tertiary/aromatic N) is 6. The summed E-state index contributed by atoms with van der Waals surface area (Å²) in [5, 5.41) is 14.1. The smallest absolute Gasteiger partial charge is 0.381 e. The number of imidazole rings is 1. The summed E-state index contributed by atoms with van der Waals surface area (Å²) in [5.74, 6) is -7.20. The molecule has 3 fully saturated rings. The Bertz CT molecular complexity index is 1570. The van der Waals surface area contributed by atoms with Gasteiger partial charge >= 0.3 is 6.18 Å². The van der Waals surface area contributed by atoms with E-state index in [0.29, 0.717) is 44.0 Å². The van der Waals surface area contributed by atoms with Crippen LogP contribution < -0.4 is 10.6 Å². The minimum Gasteiger partial charge on any atom is -0.381 e. The molecule has 3 aliphatic rings. The Kier molecular flexibility index (Phi) is 9.00. The van der Waals surface area contributed by atoms with Crippen LogP contribution in [0.3, 0.4) is 0 Å². The third-order valence-electron chi connectivity index (χ3n) is 9.35. The van der Waals surface area contributed by atoms with Gasteiger partial charge in [-0.3, -0.25) is 14.3 Å². The summed E-state index contributed by atoms with van der Waals surface area (Å²) in [5.41, 5.74) is 1.41. The fourth-order valence-corrected chi connectivity index (χ4v) is 6.94. The van der Waals surface area contributed by atoms with Crippen molar-refractivity contribution in [3.05, 3.63) is 41.2 Å². The molecule has 3 aromatic rings. The van der Waals surface area contributed by atoms with Crippen LogP contribution in [0, 0.1) is 17.8 Å². The Morgan fingerprint density at radius 2 is 2.07 bits per heavy atom. The summed E-state index contributed by atoms with van der Waals surface area (Å²) in [7, 11) is 0. The van der Waals surface area contributed by atoms with Gasteiger partial charge in [0.05, 0.1) is 41.8 Å². The van der Waals surface area contributed by atoms with Gasteiger partial charge in [0.1, 0.15) is 5.69 Å². The lowest BCUT2D eigenvalue weighted by molar-refractivity contribution is -0.183. The molecule has 0 radical (unpaired) electrons. The fraction of sp³-hybridized carbons (Fsp3) is 0.667. The Hall–Kier alpha value is -3.69. The van der Waals surface area contributed by atoms with E-state index < -0.39 is 60.7 Å². The van der Waals surface area contributed by atoms with Crippen LogP contribution in [0.15, 0.2) is 18.5 Å². The number of aryl methyl sites for hydroxylation is 1. The number of carbonyl (C=O) groups excluding carboxylic acids is 2. The predicted molar refractivity (Wildman–Crippen MR) is 153 cm³/mol. The molecule has 46 heavy (non-hydrogen) atoms. The molecular formula is C30H37F5N8O3. The first-order valence-electron chi connectivity index (χ1n) is 15.8. The molecule has 5 atom stereocenters. The zero-order chi connectivity index (χ0) is 32.6. The van der Waals surface area contributed by atoms with Crippen molar-refractivity contribution >= 4 is 17.6 Å². The molecule has 1 aliphatic carbocycles. The maximum absolute atomic E-state index is 14.6. The number of hydrogen-bond donors (Lipinski definition) is 2. The molecule has 0 spiro atoms. The van der Waals surface area contributed by atoms with E-state index in [0.717, 1.165) is 6.42 Å². The zero-order valence-corrected chi connectivity index (χ0v) is 25.4. The van der Waals surface area contributed by atoms with Crippen molar-refractivity contribution in [1.29, 1.82) is 0 Å². The molecule has 0 aromatic carbocycles. The second-order valence-corrected chi connectivity index (χ2v) is 12.6. The highest BCUT2D eigenvalue weighted by Crippen LogP contribution is 2.42. The number of halogens is 5. The number of hydrogen-bond acceptors (Lipinski definition) is 7. The summed E-state index contributed by atoms with van der Waals surface area (Å²) in [6.07, 6.45) is -0.402. The third-order valence-corrected chi connectivity index (χ3v) is 9.35. The van der Waals surface area contributed by atoms with E-state index in [1.54, 1.807) is 6.07 Å². The standard InChI is InChI=1S/C30H37F5N8O3/c1-2-42-23(7-9-37-42)27(45)39-24(17-5-3-8-29(31,32)13-17)22-15-43-28(38-22)40-25(18-6-4-10-46-16-18)21(41-43)12-19-11-20(30(33,34)35)14-36-26(19)44/h7,9,15,17-20,24H,2-6,8,10-14,16H2,1H3,(H,36,44)(H,39,45)/t17-,18?,19-,20-,24+/m1/s1. The Morgan fingerprint density at radius 3 is 2.78 bits per heavy atom. The highest BCUT2D eigenvalue weighted by atomic mass is 19.4. The van der Waals surface area contributed by atoms with Gasteiger partial charge in [-0.15, -0.1) is 0 Å². The zero-order valence-electron chi connectivity index (χ0n) is 25.4. The van der Waals surface area contributed by atoms with Gasteiger partial charge < -0.3 is 15.4 Å². The van der Waals surface area contributed by atoms with E-state index in [9.17, 15) is 31.5 Å². The molecule has 250 valence electrons. The first kappa shape index (κ1) is 32.3. The van der Waals surface area contributed by atoms with Crippen LogP contribution in [0.4, 0.5) is 22.0 Å². The van der Waals surface area contributed by atoms with Gasteiger partial charge in [-0.2, -0.15) is 23.4 Å². The highest BCUT2D eigenvalue weighted by molar-refractivity contribution is 5.92. The molecule has 2 amide bonds. The molecule has 11 nitrogen and oxygen atoms in total. The maximum Gasteiger partial charge on any atom is 0.393 e. The SMILES string of the molecule is CCn1nccc1C(=O)N[C@H](c1cn2nc(C[C@H]3C[C@@H](C(F)(F)F)CNC3=O)c(C3CCCOC3)nc2n1)[C@@H]1CCCC(F)(F)C1. The van der Waals surface area contributed by atoms with Crippen molar-refractivity contribution in [3.8, 4) is 0 Å². The summed E-state index contributed by atoms with van der Waals surface area (Å²) in [6.45, 7) is 2.69. The van der Waals surface area contributed by atoms with Crippen molar-refractivity contribution in [2.45, 2.75) is 88.9 Å². The molecule has 3 aromatic heterocycles. The van der Waals surface area contributed by atoms with Crippen LogP contribution in [-0.4, -0.2) is 73.0 Å². The number of aromatic nitrogens is 6. The number of piperidine rings is 1. The maximum atomic E-state index is 14.6. The first-order chi connectivity index (χ1) is 21.9. The van der Waals surface area contributed by atoms with Crippen molar-refractivity contribution in [2.75, 3.05) is 19.8 Å². The van der Waals surface area contributed by atoms with Crippen LogP contribution in [-0.2, 0) is 22.5 Å². The minimum atomic E-state index is -4.45. The monoisotopic (exact) mass is 652 g/mol. The van der Waals surface area contributed by atoms with Crippen LogP contribution in [0.1, 0.15) is 91.4 Å². The van der Waals surface area contributed by atoms with Crippen molar-refractivity contribution < 1.29 is 36.3 Å². The Labute approximate surface area is 261 Å². The topological polar surface area (TPSA) is 128 Å². The number of amides is 2. The van der Waals surface area contributed by atoms with E-state index >= 15 is 0 Å². The quantitative estimate of drug-likeness (QED) is 0.346. The fourth-order valence-electron chi connectivity index (χ4n) is 6.94. The first-order valence-corrected chi connectivity index (χ1v) is 15.8. The van der Waals surface area contributed by atoms with Gasteiger partial charge in [-0.1, -0.05) is 0 Å². The van der Waals surface area contributed by atoms with Gasteiger partial charge in [0.2, 0.25) is 11.8 Å². The Balaban J connectivity index is 1.37. The average molecular weight is 653 g/mol. The number of ether oxygens (including phenoxy) is 1.